The third kappa shape index (κ3) is 2.83. The molecule has 0 unspecified atom stereocenters. The molecule has 0 spiro atoms. The predicted molar refractivity (Wildman–Crippen MR) is 71.7 cm³/mol. The van der Waals surface area contributed by atoms with Crippen molar-refractivity contribution in [1.29, 1.82) is 0 Å². The van der Waals surface area contributed by atoms with Gasteiger partial charge < -0.3 is 4.42 Å². The van der Waals surface area contributed by atoms with Gasteiger partial charge in [-0.2, -0.15) is 0 Å². The van der Waals surface area contributed by atoms with Crippen LogP contribution in [0.3, 0.4) is 0 Å². The van der Waals surface area contributed by atoms with Crippen molar-refractivity contribution in [3.8, 4) is 11.5 Å². The highest BCUT2D eigenvalue weighted by Crippen LogP contribution is 2.19. The maximum absolute atomic E-state index is 12.8. The Morgan fingerprint density at radius 1 is 1.05 bits per heavy atom. The second-order valence-corrected chi connectivity index (χ2v) is 4.56. The van der Waals surface area contributed by atoms with E-state index in [-0.39, 0.29) is 5.82 Å². The van der Waals surface area contributed by atoms with Gasteiger partial charge in [0.2, 0.25) is 11.8 Å². The molecule has 0 aliphatic rings. The number of pyridine rings is 1. The molecule has 0 bridgehead atoms. The molecule has 20 heavy (non-hydrogen) atoms. The van der Waals surface area contributed by atoms with Gasteiger partial charge in [-0.1, -0.05) is 17.7 Å². The quantitative estimate of drug-likeness (QED) is 0.692. The first-order chi connectivity index (χ1) is 9.70. The highest BCUT2D eigenvalue weighted by atomic mass is 35.5. The first-order valence-electron chi connectivity index (χ1n) is 5.89. The van der Waals surface area contributed by atoms with Crippen molar-refractivity contribution in [3.05, 3.63) is 65.0 Å². The maximum Gasteiger partial charge on any atom is 0.247 e. The number of halogens is 2. The second-order valence-electron chi connectivity index (χ2n) is 4.17. The SMILES string of the molecule is Fc1ccc(-c2nnc(Cc3ccc(Cl)nc3)o2)cc1. The summed E-state index contributed by atoms with van der Waals surface area (Å²) < 4.78 is 18.4. The van der Waals surface area contributed by atoms with Crippen LogP contribution in [0.4, 0.5) is 4.39 Å². The van der Waals surface area contributed by atoms with Crippen molar-refractivity contribution in [3.63, 3.8) is 0 Å². The number of hydrogen-bond donors (Lipinski definition) is 0. The molecule has 1 aromatic carbocycles. The van der Waals surface area contributed by atoms with Crippen LogP contribution < -0.4 is 0 Å². The highest BCUT2D eigenvalue weighted by Gasteiger charge is 2.09. The molecule has 0 fully saturated rings. The van der Waals surface area contributed by atoms with Crippen LogP contribution in [0.1, 0.15) is 11.5 Å². The molecular weight excluding hydrogens is 281 g/mol. The van der Waals surface area contributed by atoms with Crippen LogP contribution in [-0.4, -0.2) is 15.2 Å². The first kappa shape index (κ1) is 12.7. The third-order valence-corrected chi connectivity index (χ3v) is 2.93. The summed E-state index contributed by atoms with van der Waals surface area (Å²) in [7, 11) is 0. The predicted octanol–water partition coefficient (Wildman–Crippen LogP) is 3.51. The summed E-state index contributed by atoms with van der Waals surface area (Å²) >= 11 is 5.72. The van der Waals surface area contributed by atoms with Gasteiger partial charge in [0, 0.05) is 11.8 Å². The normalized spacial score (nSPS) is 10.7. The third-order valence-electron chi connectivity index (χ3n) is 2.70. The van der Waals surface area contributed by atoms with Crippen LogP contribution in [0.25, 0.3) is 11.5 Å². The summed E-state index contributed by atoms with van der Waals surface area (Å²) in [5, 5.41) is 8.34. The molecular formula is C14H9ClFN3O. The lowest BCUT2D eigenvalue weighted by Gasteiger charge is -1.96. The molecule has 0 aliphatic carbocycles. The minimum atomic E-state index is -0.305. The van der Waals surface area contributed by atoms with Crippen LogP contribution in [-0.2, 0) is 6.42 Å². The van der Waals surface area contributed by atoms with Crippen molar-refractivity contribution < 1.29 is 8.81 Å². The lowest BCUT2D eigenvalue weighted by molar-refractivity contribution is 0.517. The van der Waals surface area contributed by atoms with Crippen molar-refractivity contribution in [2.24, 2.45) is 0 Å². The van der Waals surface area contributed by atoms with E-state index in [0.29, 0.717) is 28.9 Å². The van der Waals surface area contributed by atoms with Gasteiger partial charge in [-0.25, -0.2) is 9.37 Å². The van der Waals surface area contributed by atoms with E-state index >= 15 is 0 Å². The largest absolute Gasteiger partial charge is 0.420 e. The van der Waals surface area contributed by atoms with E-state index in [1.807, 2.05) is 6.07 Å². The lowest BCUT2D eigenvalue weighted by atomic mass is 10.2. The monoisotopic (exact) mass is 289 g/mol. The van der Waals surface area contributed by atoms with E-state index in [4.69, 9.17) is 16.0 Å². The highest BCUT2D eigenvalue weighted by molar-refractivity contribution is 6.29. The zero-order chi connectivity index (χ0) is 13.9. The van der Waals surface area contributed by atoms with Gasteiger partial charge in [-0.3, -0.25) is 0 Å². The molecule has 100 valence electrons. The molecule has 4 nitrogen and oxygen atoms in total. The Hall–Kier alpha value is -2.27. The van der Waals surface area contributed by atoms with Crippen LogP contribution in [0.2, 0.25) is 5.15 Å². The molecule has 0 saturated carbocycles. The molecule has 0 amide bonds. The molecule has 3 aromatic rings. The fraction of sp³-hybridized carbons (Fsp3) is 0.0714. The summed E-state index contributed by atoms with van der Waals surface area (Å²) in [6, 6.07) is 9.43. The Kier molecular flexibility index (Phi) is 3.43. The molecule has 0 N–H and O–H groups in total. The summed E-state index contributed by atoms with van der Waals surface area (Å²) in [6.07, 6.45) is 2.13. The standard InChI is InChI=1S/C14H9ClFN3O/c15-12-6-1-9(8-17-12)7-13-18-19-14(20-13)10-2-4-11(16)5-3-10/h1-6,8H,7H2. The van der Waals surface area contributed by atoms with E-state index in [9.17, 15) is 4.39 Å². The Bertz CT molecular complexity index is 710. The molecule has 0 atom stereocenters. The van der Waals surface area contributed by atoms with E-state index in [1.54, 1.807) is 24.4 Å². The van der Waals surface area contributed by atoms with E-state index in [0.717, 1.165) is 5.56 Å². The zero-order valence-corrected chi connectivity index (χ0v) is 11.0. The second kappa shape index (κ2) is 5.38. The average molecular weight is 290 g/mol. The van der Waals surface area contributed by atoms with Crippen molar-refractivity contribution >= 4 is 11.6 Å². The smallest absolute Gasteiger partial charge is 0.247 e. The van der Waals surface area contributed by atoms with Crippen LogP contribution in [0.5, 0.6) is 0 Å². The molecule has 0 saturated heterocycles. The number of rotatable bonds is 3. The van der Waals surface area contributed by atoms with E-state index in [1.165, 1.54) is 12.1 Å². The fourth-order valence-corrected chi connectivity index (χ4v) is 1.83. The minimum absolute atomic E-state index is 0.305. The number of hydrogen-bond acceptors (Lipinski definition) is 4. The number of aromatic nitrogens is 3. The van der Waals surface area contributed by atoms with Gasteiger partial charge in [0.15, 0.2) is 0 Å². The van der Waals surface area contributed by atoms with Gasteiger partial charge in [0.05, 0.1) is 6.42 Å². The van der Waals surface area contributed by atoms with Gasteiger partial charge in [0.25, 0.3) is 0 Å². The molecule has 3 rings (SSSR count). The van der Waals surface area contributed by atoms with E-state index < -0.39 is 0 Å². The average Bonchev–Trinajstić information content (AvgIpc) is 2.91. The Morgan fingerprint density at radius 3 is 2.55 bits per heavy atom. The summed E-state index contributed by atoms with van der Waals surface area (Å²) in [6.45, 7) is 0. The Balaban J connectivity index is 1.80. The van der Waals surface area contributed by atoms with Gasteiger partial charge >= 0.3 is 0 Å². The Morgan fingerprint density at radius 2 is 1.85 bits per heavy atom. The maximum atomic E-state index is 12.8. The topological polar surface area (TPSA) is 51.8 Å². The molecule has 0 radical (unpaired) electrons. The summed E-state index contributed by atoms with van der Waals surface area (Å²) in [5.41, 5.74) is 1.60. The Labute approximate surface area is 119 Å². The fourth-order valence-electron chi connectivity index (χ4n) is 1.72. The molecule has 2 aromatic heterocycles. The number of benzene rings is 1. The summed E-state index contributed by atoms with van der Waals surface area (Å²) in [5.74, 6) is 0.524. The van der Waals surface area contributed by atoms with Gasteiger partial charge in [-0.05, 0) is 35.9 Å². The van der Waals surface area contributed by atoms with Gasteiger partial charge in [0.1, 0.15) is 11.0 Å². The lowest BCUT2D eigenvalue weighted by Crippen LogP contribution is -1.89. The molecule has 0 aliphatic heterocycles. The van der Waals surface area contributed by atoms with Crippen LogP contribution in [0, 0.1) is 5.82 Å². The first-order valence-corrected chi connectivity index (χ1v) is 6.27. The number of nitrogens with zero attached hydrogens (tertiary/aromatic N) is 3. The van der Waals surface area contributed by atoms with Crippen molar-refractivity contribution in [1.82, 2.24) is 15.2 Å². The summed E-state index contributed by atoms with van der Waals surface area (Å²) in [4.78, 5) is 3.98. The van der Waals surface area contributed by atoms with Crippen LogP contribution >= 0.6 is 11.6 Å². The van der Waals surface area contributed by atoms with Crippen LogP contribution in [0.15, 0.2) is 47.0 Å². The van der Waals surface area contributed by atoms with Crippen molar-refractivity contribution in [2.75, 3.05) is 0 Å². The van der Waals surface area contributed by atoms with Gasteiger partial charge in [-0.15, -0.1) is 10.2 Å². The minimum Gasteiger partial charge on any atom is -0.420 e. The van der Waals surface area contributed by atoms with E-state index in [2.05, 4.69) is 15.2 Å². The molecule has 2 heterocycles. The molecule has 6 heteroatoms. The van der Waals surface area contributed by atoms with Crippen molar-refractivity contribution in [2.45, 2.75) is 6.42 Å². The zero-order valence-electron chi connectivity index (χ0n) is 10.3.